The van der Waals surface area contributed by atoms with Crippen molar-refractivity contribution in [1.29, 1.82) is 0 Å². The van der Waals surface area contributed by atoms with Crippen molar-refractivity contribution in [2.45, 2.75) is 6.42 Å². The molecule has 6 nitrogen and oxygen atoms in total. The van der Waals surface area contributed by atoms with Gasteiger partial charge in [0.05, 0.1) is 12.1 Å². The zero-order valence-electron chi connectivity index (χ0n) is 11.0. The Hall–Kier alpha value is -3.02. The van der Waals surface area contributed by atoms with E-state index in [-0.39, 0.29) is 0 Å². The second-order valence-corrected chi connectivity index (χ2v) is 4.60. The molecule has 21 heavy (non-hydrogen) atoms. The lowest BCUT2D eigenvalue weighted by atomic mass is 10.3. The van der Waals surface area contributed by atoms with E-state index in [0.717, 1.165) is 11.3 Å². The van der Waals surface area contributed by atoms with Crippen LogP contribution in [0.5, 0.6) is 0 Å². The van der Waals surface area contributed by atoms with Crippen LogP contribution in [0.1, 0.15) is 11.6 Å². The summed E-state index contributed by atoms with van der Waals surface area (Å²) in [5, 5.41) is 3.95. The van der Waals surface area contributed by atoms with Gasteiger partial charge in [0.15, 0.2) is 0 Å². The average molecular weight is 277 g/mol. The van der Waals surface area contributed by atoms with Crippen LogP contribution < -0.4 is 0 Å². The first-order valence-corrected chi connectivity index (χ1v) is 6.55. The highest BCUT2D eigenvalue weighted by Crippen LogP contribution is 2.14. The van der Waals surface area contributed by atoms with Gasteiger partial charge in [-0.15, -0.1) is 0 Å². The minimum absolute atomic E-state index is 0.495. The Morgan fingerprint density at radius 1 is 1.05 bits per heavy atom. The fourth-order valence-corrected chi connectivity index (χ4v) is 2.15. The zero-order chi connectivity index (χ0) is 14.1. The molecule has 4 heterocycles. The van der Waals surface area contributed by atoms with E-state index < -0.39 is 0 Å². The van der Waals surface area contributed by atoms with Crippen molar-refractivity contribution in [2.24, 2.45) is 0 Å². The fraction of sp³-hybridized carbons (Fsp3) is 0.0667. The minimum Gasteiger partial charge on any atom is -0.338 e. The summed E-state index contributed by atoms with van der Waals surface area (Å²) in [5.41, 5.74) is 2.48. The summed E-state index contributed by atoms with van der Waals surface area (Å²) >= 11 is 0. The number of fused-ring (bicyclic) bond motifs is 1. The first-order chi connectivity index (χ1) is 10.4. The van der Waals surface area contributed by atoms with Crippen LogP contribution in [0.25, 0.3) is 17.2 Å². The molecule has 0 radical (unpaired) electrons. The number of aromatic nitrogens is 5. The molecule has 0 saturated carbocycles. The second kappa shape index (κ2) is 4.82. The maximum absolute atomic E-state index is 5.27. The number of hydrogen-bond donors (Lipinski definition) is 0. The lowest BCUT2D eigenvalue weighted by Gasteiger charge is -1.89. The molecule has 0 atom stereocenters. The van der Waals surface area contributed by atoms with E-state index in [4.69, 9.17) is 4.52 Å². The van der Waals surface area contributed by atoms with Crippen LogP contribution in [-0.4, -0.2) is 24.5 Å². The van der Waals surface area contributed by atoms with Gasteiger partial charge in [0.25, 0.3) is 0 Å². The van der Waals surface area contributed by atoms with Crippen molar-refractivity contribution in [3.8, 4) is 11.5 Å². The van der Waals surface area contributed by atoms with E-state index in [1.54, 1.807) is 6.20 Å². The van der Waals surface area contributed by atoms with Crippen molar-refractivity contribution < 1.29 is 4.52 Å². The van der Waals surface area contributed by atoms with Crippen molar-refractivity contribution >= 4 is 5.65 Å². The predicted molar refractivity (Wildman–Crippen MR) is 75.5 cm³/mol. The van der Waals surface area contributed by atoms with Gasteiger partial charge >= 0.3 is 0 Å². The third kappa shape index (κ3) is 2.27. The van der Waals surface area contributed by atoms with Crippen molar-refractivity contribution in [1.82, 2.24) is 24.5 Å². The minimum atomic E-state index is 0.495. The molecule has 102 valence electrons. The van der Waals surface area contributed by atoms with Crippen LogP contribution in [0.15, 0.2) is 59.5 Å². The highest BCUT2D eigenvalue weighted by atomic mass is 16.5. The highest BCUT2D eigenvalue weighted by molar-refractivity contribution is 5.47. The van der Waals surface area contributed by atoms with Gasteiger partial charge in [-0.3, -0.25) is 4.98 Å². The van der Waals surface area contributed by atoms with Crippen LogP contribution in [-0.2, 0) is 6.42 Å². The van der Waals surface area contributed by atoms with E-state index >= 15 is 0 Å². The van der Waals surface area contributed by atoms with Gasteiger partial charge in [0, 0.05) is 18.6 Å². The molecule has 0 N–H and O–H groups in total. The zero-order valence-corrected chi connectivity index (χ0v) is 11.0. The molecule has 0 unspecified atom stereocenters. The summed E-state index contributed by atoms with van der Waals surface area (Å²) in [4.78, 5) is 13.1. The monoisotopic (exact) mass is 277 g/mol. The predicted octanol–water partition coefficient (Wildman–Crippen LogP) is 2.37. The van der Waals surface area contributed by atoms with Gasteiger partial charge in [0.2, 0.25) is 11.7 Å². The van der Waals surface area contributed by atoms with E-state index in [0.29, 0.717) is 23.8 Å². The Balaban J connectivity index is 1.61. The fourth-order valence-electron chi connectivity index (χ4n) is 2.15. The van der Waals surface area contributed by atoms with E-state index in [1.165, 1.54) is 0 Å². The van der Waals surface area contributed by atoms with E-state index in [2.05, 4.69) is 20.1 Å². The molecule has 0 fully saturated rings. The van der Waals surface area contributed by atoms with E-state index in [9.17, 15) is 0 Å². The number of pyridine rings is 2. The summed E-state index contributed by atoms with van der Waals surface area (Å²) in [6.07, 6.45) is 6.12. The number of hydrogen-bond acceptors (Lipinski definition) is 5. The lowest BCUT2D eigenvalue weighted by Crippen LogP contribution is -1.89. The molecular weight excluding hydrogens is 266 g/mol. The first-order valence-electron chi connectivity index (χ1n) is 6.55. The lowest BCUT2D eigenvalue weighted by molar-refractivity contribution is 0.385. The smallest absolute Gasteiger partial charge is 0.233 e. The number of imidazole rings is 1. The molecule has 6 heteroatoms. The Kier molecular flexibility index (Phi) is 2.71. The SMILES string of the molecule is c1ccc(-c2noc(Cc3cn4ccccc4n3)n2)nc1. The molecule has 4 aromatic rings. The summed E-state index contributed by atoms with van der Waals surface area (Å²) < 4.78 is 7.23. The molecule has 4 aromatic heterocycles. The maximum atomic E-state index is 5.27. The van der Waals surface area contributed by atoms with Crippen LogP contribution in [0.2, 0.25) is 0 Å². The molecule has 0 bridgehead atoms. The molecular formula is C15H11N5O. The quantitative estimate of drug-likeness (QED) is 0.575. The normalized spacial score (nSPS) is 11.0. The van der Waals surface area contributed by atoms with Gasteiger partial charge in [-0.05, 0) is 24.3 Å². The summed E-state index contributed by atoms with van der Waals surface area (Å²) in [5.74, 6) is 1.02. The molecule has 4 rings (SSSR count). The maximum Gasteiger partial charge on any atom is 0.233 e. The number of rotatable bonds is 3. The van der Waals surface area contributed by atoms with E-state index in [1.807, 2.05) is 53.2 Å². The molecule has 0 saturated heterocycles. The van der Waals surface area contributed by atoms with Crippen LogP contribution in [0, 0.1) is 0 Å². The topological polar surface area (TPSA) is 69.1 Å². The summed E-state index contributed by atoms with van der Waals surface area (Å²) in [7, 11) is 0. The molecule has 0 aromatic carbocycles. The molecule has 0 aliphatic rings. The standard InChI is InChI=1S/C15H11N5O/c1-3-7-16-12(5-1)15-18-14(21-19-15)9-11-10-20-8-4-2-6-13(20)17-11/h1-8,10H,9H2. The van der Waals surface area contributed by atoms with Crippen molar-refractivity contribution in [2.75, 3.05) is 0 Å². The highest BCUT2D eigenvalue weighted by Gasteiger charge is 2.11. The summed E-state index contributed by atoms with van der Waals surface area (Å²) in [6, 6.07) is 11.5. The van der Waals surface area contributed by atoms with Crippen LogP contribution in [0.3, 0.4) is 0 Å². The Morgan fingerprint density at radius 2 is 2.00 bits per heavy atom. The van der Waals surface area contributed by atoms with Gasteiger partial charge in [-0.2, -0.15) is 4.98 Å². The Labute approximate surface area is 120 Å². The Bertz CT molecular complexity index is 848. The molecule has 0 aliphatic heterocycles. The average Bonchev–Trinajstić information content (AvgIpc) is 3.14. The molecule has 0 amide bonds. The third-order valence-corrected chi connectivity index (χ3v) is 3.11. The second-order valence-electron chi connectivity index (χ2n) is 4.60. The summed E-state index contributed by atoms with van der Waals surface area (Å²) in [6.45, 7) is 0. The first kappa shape index (κ1) is 11.8. The van der Waals surface area contributed by atoms with Crippen LogP contribution in [0.4, 0.5) is 0 Å². The van der Waals surface area contributed by atoms with Crippen molar-refractivity contribution in [3.63, 3.8) is 0 Å². The largest absolute Gasteiger partial charge is 0.338 e. The Morgan fingerprint density at radius 3 is 2.86 bits per heavy atom. The van der Waals surface area contributed by atoms with Gasteiger partial charge in [-0.25, -0.2) is 4.98 Å². The van der Waals surface area contributed by atoms with Gasteiger partial charge < -0.3 is 8.92 Å². The molecule has 0 aliphatic carbocycles. The third-order valence-electron chi connectivity index (χ3n) is 3.11. The van der Waals surface area contributed by atoms with Gasteiger partial charge in [-0.1, -0.05) is 17.3 Å². The molecule has 0 spiro atoms. The van der Waals surface area contributed by atoms with Crippen LogP contribution >= 0.6 is 0 Å². The van der Waals surface area contributed by atoms with Crippen molar-refractivity contribution in [3.05, 3.63) is 66.6 Å². The van der Waals surface area contributed by atoms with Gasteiger partial charge in [0.1, 0.15) is 11.3 Å². The number of nitrogens with zero attached hydrogens (tertiary/aromatic N) is 5.